The second-order valence-electron chi connectivity index (χ2n) is 9.03. The Balaban J connectivity index is 1.17. The van der Waals surface area contributed by atoms with Gasteiger partial charge in [0.1, 0.15) is 0 Å². The summed E-state index contributed by atoms with van der Waals surface area (Å²) in [6, 6.07) is 11.4. The summed E-state index contributed by atoms with van der Waals surface area (Å²) in [5.41, 5.74) is 7.13. The first-order valence-electron chi connectivity index (χ1n) is 11.9. The van der Waals surface area contributed by atoms with Gasteiger partial charge in [0.15, 0.2) is 0 Å². The van der Waals surface area contributed by atoms with Gasteiger partial charge in [-0.25, -0.2) is 0 Å². The fraction of sp³-hybridized carbons (Fsp3) is 0.385. The number of hydrogen-bond donors (Lipinski definition) is 1. The van der Waals surface area contributed by atoms with Gasteiger partial charge in [0.05, 0.1) is 49.0 Å². The third-order valence-corrected chi connectivity index (χ3v) is 6.50. The molecule has 1 N–H and O–H groups in total. The zero-order chi connectivity index (χ0) is 25.0. The van der Waals surface area contributed by atoms with E-state index in [2.05, 4.69) is 31.3 Å². The van der Waals surface area contributed by atoms with Crippen molar-refractivity contribution in [3.05, 3.63) is 89.0 Å². The highest BCUT2D eigenvalue weighted by molar-refractivity contribution is 5.44. The van der Waals surface area contributed by atoms with Crippen molar-refractivity contribution in [1.29, 1.82) is 0 Å². The maximum Gasteiger partial charge on any atom is 0.416 e. The van der Waals surface area contributed by atoms with E-state index in [0.717, 1.165) is 53.3 Å². The molecule has 1 aromatic carbocycles. The molecule has 36 heavy (non-hydrogen) atoms. The Hall–Kier alpha value is -3.05. The Morgan fingerprint density at radius 2 is 1.86 bits per heavy atom. The SMILES string of the molecule is FC(F)(F)c1ccc(CN2Cc3cc(NOCC(c4cccnc4)N4CCOCC4)cnc3C2)cc1. The van der Waals surface area contributed by atoms with Crippen LogP contribution in [-0.4, -0.2) is 52.7 Å². The average Bonchev–Trinajstić information content (AvgIpc) is 3.29. The van der Waals surface area contributed by atoms with Crippen LogP contribution in [0.2, 0.25) is 0 Å². The van der Waals surface area contributed by atoms with Crippen molar-refractivity contribution in [2.45, 2.75) is 31.9 Å². The van der Waals surface area contributed by atoms with E-state index in [0.29, 0.717) is 39.5 Å². The first-order chi connectivity index (χ1) is 17.5. The Morgan fingerprint density at radius 1 is 1.06 bits per heavy atom. The van der Waals surface area contributed by atoms with Crippen LogP contribution >= 0.6 is 0 Å². The third-order valence-electron chi connectivity index (χ3n) is 6.50. The minimum atomic E-state index is -4.32. The van der Waals surface area contributed by atoms with Crippen LogP contribution in [0.3, 0.4) is 0 Å². The van der Waals surface area contributed by atoms with Crippen molar-refractivity contribution in [3.63, 3.8) is 0 Å². The number of fused-ring (bicyclic) bond motifs is 1. The van der Waals surface area contributed by atoms with Crippen LogP contribution in [0.4, 0.5) is 18.9 Å². The molecule has 0 aliphatic carbocycles. The van der Waals surface area contributed by atoms with Gasteiger partial charge in [0.25, 0.3) is 0 Å². The highest BCUT2D eigenvalue weighted by Crippen LogP contribution is 2.30. The predicted octanol–water partition coefficient (Wildman–Crippen LogP) is 4.43. The zero-order valence-corrected chi connectivity index (χ0v) is 19.7. The first kappa shape index (κ1) is 24.6. The first-order valence-corrected chi connectivity index (χ1v) is 11.9. The van der Waals surface area contributed by atoms with E-state index in [1.54, 1.807) is 12.4 Å². The van der Waals surface area contributed by atoms with Crippen LogP contribution in [0, 0.1) is 0 Å². The number of alkyl halides is 3. The van der Waals surface area contributed by atoms with Crippen molar-refractivity contribution >= 4 is 5.69 Å². The lowest BCUT2D eigenvalue weighted by atomic mass is 10.1. The minimum Gasteiger partial charge on any atom is -0.379 e. The van der Waals surface area contributed by atoms with Gasteiger partial charge in [-0.15, -0.1) is 0 Å². The summed E-state index contributed by atoms with van der Waals surface area (Å²) < 4.78 is 43.9. The van der Waals surface area contributed by atoms with E-state index in [4.69, 9.17) is 9.57 Å². The number of ether oxygens (including phenoxy) is 1. The van der Waals surface area contributed by atoms with Gasteiger partial charge in [-0.3, -0.25) is 30.1 Å². The zero-order valence-electron chi connectivity index (χ0n) is 19.7. The average molecular weight is 500 g/mol. The molecular formula is C26H28F3N5O2. The Kier molecular flexibility index (Phi) is 7.47. The molecule has 1 unspecified atom stereocenters. The van der Waals surface area contributed by atoms with Gasteiger partial charge < -0.3 is 4.74 Å². The Labute approximate surface area is 207 Å². The number of nitrogens with one attached hydrogen (secondary N) is 1. The Morgan fingerprint density at radius 3 is 2.58 bits per heavy atom. The molecule has 10 heteroatoms. The van der Waals surface area contributed by atoms with Gasteiger partial charge in [0.2, 0.25) is 0 Å². The van der Waals surface area contributed by atoms with Crippen LogP contribution in [0.5, 0.6) is 0 Å². The molecule has 0 bridgehead atoms. The molecule has 2 aliphatic heterocycles. The molecule has 2 aromatic heterocycles. The number of nitrogens with zero attached hydrogens (tertiary/aromatic N) is 4. The predicted molar refractivity (Wildman–Crippen MR) is 128 cm³/mol. The molecule has 190 valence electrons. The molecule has 4 heterocycles. The molecule has 0 spiro atoms. The summed E-state index contributed by atoms with van der Waals surface area (Å²) in [7, 11) is 0. The number of morpholine rings is 1. The largest absolute Gasteiger partial charge is 0.416 e. The van der Waals surface area contributed by atoms with Gasteiger partial charge in [0, 0.05) is 45.1 Å². The van der Waals surface area contributed by atoms with Gasteiger partial charge in [-0.2, -0.15) is 13.2 Å². The smallest absolute Gasteiger partial charge is 0.379 e. The fourth-order valence-corrected chi connectivity index (χ4v) is 4.63. The minimum absolute atomic E-state index is 0.0525. The lowest BCUT2D eigenvalue weighted by molar-refractivity contribution is -0.137. The Bertz CT molecular complexity index is 1140. The van der Waals surface area contributed by atoms with Crippen LogP contribution in [0.15, 0.2) is 61.1 Å². The molecule has 0 radical (unpaired) electrons. The molecule has 2 aliphatic rings. The number of anilines is 1. The van der Waals surface area contributed by atoms with E-state index in [1.807, 2.05) is 18.3 Å². The van der Waals surface area contributed by atoms with Crippen LogP contribution in [-0.2, 0) is 35.4 Å². The molecule has 7 nitrogen and oxygen atoms in total. The van der Waals surface area contributed by atoms with Gasteiger partial charge >= 0.3 is 6.18 Å². The van der Waals surface area contributed by atoms with E-state index < -0.39 is 11.7 Å². The second-order valence-corrected chi connectivity index (χ2v) is 9.03. The van der Waals surface area contributed by atoms with Crippen molar-refractivity contribution in [2.24, 2.45) is 0 Å². The monoisotopic (exact) mass is 499 g/mol. The standard InChI is InChI=1S/C26H28F3N5O2/c27-26(28,29)22-5-3-19(4-6-22)15-33-16-21-12-23(14-31-24(21)17-33)32-36-18-25(20-2-1-7-30-13-20)34-8-10-35-11-9-34/h1-7,12-14,25,32H,8-11,15-18H2. The maximum atomic E-state index is 12.8. The third kappa shape index (κ3) is 6.01. The highest BCUT2D eigenvalue weighted by Gasteiger charge is 2.30. The maximum absolute atomic E-state index is 12.8. The lowest BCUT2D eigenvalue weighted by Crippen LogP contribution is -2.41. The number of hydrogen-bond acceptors (Lipinski definition) is 7. The molecule has 0 amide bonds. The van der Waals surface area contributed by atoms with E-state index in [9.17, 15) is 13.2 Å². The second kappa shape index (κ2) is 10.9. The summed E-state index contributed by atoms with van der Waals surface area (Å²) in [6.45, 7) is 5.37. The molecule has 5 rings (SSSR count). The number of benzene rings is 1. The summed E-state index contributed by atoms with van der Waals surface area (Å²) in [4.78, 5) is 19.2. The number of halogens is 3. The van der Waals surface area contributed by atoms with Gasteiger partial charge in [-0.1, -0.05) is 18.2 Å². The van der Waals surface area contributed by atoms with E-state index in [1.165, 1.54) is 12.1 Å². The van der Waals surface area contributed by atoms with Crippen molar-refractivity contribution in [2.75, 3.05) is 38.4 Å². The molecule has 0 saturated carbocycles. The topological polar surface area (TPSA) is 62.8 Å². The number of rotatable bonds is 8. The van der Waals surface area contributed by atoms with E-state index in [-0.39, 0.29) is 6.04 Å². The molecule has 1 atom stereocenters. The normalized spacial score (nSPS) is 17.6. The lowest BCUT2D eigenvalue weighted by Gasteiger charge is -2.34. The van der Waals surface area contributed by atoms with E-state index >= 15 is 0 Å². The molecular weight excluding hydrogens is 471 g/mol. The van der Waals surface area contributed by atoms with Crippen LogP contribution < -0.4 is 5.48 Å². The molecule has 1 fully saturated rings. The van der Waals surface area contributed by atoms with Crippen molar-refractivity contribution in [3.8, 4) is 0 Å². The van der Waals surface area contributed by atoms with Crippen LogP contribution in [0.1, 0.15) is 34.0 Å². The number of pyridine rings is 2. The quantitative estimate of drug-likeness (QED) is 0.460. The number of aromatic nitrogens is 2. The molecule has 1 saturated heterocycles. The summed E-state index contributed by atoms with van der Waals surface area (Å²) in [5.74, 6) is 0. The summed E-state index contributed by atoms with van der Waals surface area (Å²) in [6.07, 6.45) is 1.05. The van der Waals surface area contributed by atoms with Gasteiger partial charge in [-0.05, 0) is 41.0 Å². The molecule has 3 aromatic rings. The summed E-state index contributed by atoms with van der Waals surface area (Å²) >= 11 is 0. The fourth-order valence-electron chi connectivity index (χ4n) is 4.63. The van der Waals surface area contributed by atoms with Crippen molar-refractivity contribution < 1.29 is 22.7 Å². The highest BCUT2D eigenvalue weighted by atomic mass is 19.4. The van der Waals surface area contributed by atoms with Crippen LogP contribution in [0.25, 0.3) is 0 Å². The van der Waals surface area contributed by atoms with Crippen molar-refractivity contribution in [1.82, 2.24) is 19.8 Å². The summed E-state index contributed by atoms with van der Waals surface area (Å²) in [5, 5.41) is 0.